The summed E-state index contributed by atoms with van der Waals surface area (Å²) in [5.41, 5.74) is 3.28. The van der Waals surface area contributed by atoms with Gasteiger partial charge in [0.05, 0.1) is 24.5 Å². The number of amides is 1. The summed E-state index contributed by atoms with van der Waals surface area (Å²) in [6.45, 7) is 5.98. The third-order valence-electron chi connectivity index (χ3n) is 9.23. The van der Waals surface area contributed by atoms with Crippen molar-refractivity contribution in [3.8, 4) is 5.75 Å². The Morgan fingerprint density at radius 2 is 1.70 bits per heavy atom. The van der Waals surface area contributed by atoms with E-state index in [1.165, 1.54) is 62.6 Å². The monoisotopic (exact) mass is 593 g/mol. The fourth-order valence-corrected chi connectivity index (χ4v) is 6.93. The molecule has 0 bridgehead atoms. The fourth-order valence-electron chi connectivity index (χ4n) is 6.93. The highest BCUT2D eigenvalue weighted by Gasteiger charge is 2.46. The predicted octanol–water partition coefficient (Wildman–Crippen LogP) is 7.04. The summed E-state index contributed by atoms with van der Waals surface area (Å²) in [6, 6.07) is 12.7. The number of anilines is 2. The fraction of sp³-hybridized carbons (Fsp3) is 0.600. The Morgan fingerprint density at radius 3 is 2.47 bits per heavy atom. The van der Waals surface area contributed by atoms with E-state index in [4.69, 9.17) is 9.47 Å². The highest BCUT2D eigenvalue weighted by atomic mass is 19.1. The normalized spacial score (nSPS) is 19.3. The number of hydrogen-bond acceptors (Lipinski definition) is 6. The van der Waals surface area contributed by atoms with Crippen molar-refractivity contribution in [2.45, 2.75) is 95.9 Å². The molecule has 8 heteroatoms. The summed E-state index contributed by atoms with van der Waals surface area (Å²) in [7, 11) is 0. The molecule has 1 saturated heterocycles. The first-order chi connectivity index (χ1) is 21.0. The number of nitrogens with zero attached hydrogens (tertiary/aromatic N) is 3. The van der Waals surface area contributed by atoms with Gasteiger partial charge in [-0.3, -0.25) is 14.5 Å². The zero-order valence-corrected chi connectivity index (χ0v) is 25.8. The number of carbonyl (C=O) groups is 2. The smallest absolute Gasteiger partial charge is 0.307 e. The maximum absolute atomic E-state index is 13.3. The van der Waals surface area contributed by atoms with Crippen LogP contribution >= 0.6 is 0 Å². The molecule has 2 aromatic rings. The van der Waals surface area contributed by atoms with E-state index in [1.54, 1.807) is 17.0 Å². The Hall–Kier alpha value is -3.13. The van der Waals surface area contributed by atoms with Crippen molar-refractivity contribution in [3.05, 3.63) is 53.8 Å². The first kappa shape index (κ1) is 31.3. The lowest BCUT2D eigenvalue weighted by atomic mass is 9.89. The molecule has 3 heterocycles. The largest absolute Gasteiger partial charge is 0.494 e. The Kier molecular flexibility index (Phi) is 11.3. The van der Waals surface area contributed by atoms with Crippen LogP contribution in [-0.2, 0) is 14.3 Å². The molecule has 2 aromatic carbocycles. The topological polar surface area (TPSA) is 62.3 Å². The molecular formula is C35H48FN3O4. The van der Waals surface area contributed by atoms with Gasteiger partial charge in [0.15, 0.2) is 6.73 Å². The maximum Gasteiger partial charge on any atom is 0.307 e. The zero-order chi connectivity index (χ0) is 30.0. The van der Waals surface area contributed by atoms with Gasteiger partial charge in [-0.05, 0) is 55.2 Å². The molecule has 0 aliphatic carbocycles. The van der Waals surface area contributed by atoms with E-state index in [1.807, 2.05) is 12.1 Å². The molecule has 3 aliphatic heterocycles. The standard InChI is InChI=1S/C35H48FN3O4/c1-2-3-4-5-6-7-8-9-10-15-34(41)43-26-39-32-14-11-13-29-30-24-37(21-12-23-42-28-18-16-27(36)17-19-28)22-20-31(30)38(35(29)32)25-33(39)40/h11,13-14,16-19,30-31H,2-10,12,15,20-26H2,1H3/t30-,31-/m0/s1. The van der Waals surface area contributed by atoms with Gasteiger partial charge in [-0.25, -0.2) is 4.39 Å². The summed E-state index contributed by atoms with van der Waals surface area (Å²) in [5, 5.41) is 0. The van der Waals surface area contributed by atoms with Gasteiger partial charge in [0.1, 0.15) is 11.6 Å². The number of halogens is 1. The SMILES string of the molecule is CCCCCCCCCCCC(=O)OCN1C(=O)CN2c3c(cccc31)[C@@H]1CN(CCCOc3ccc(F)cc3)CC[C@@H]12. The van der Waals surface area contributed by atoms with Crippen molar-refractivity contribution in [1.29, 1.82) is 0 Å². The number of para-hydroxylation sites is 1. The Bertz CT molecular complexity index is 1210. The zero-order valence-electron chi connectivity index (χ0n) is 25.8. The molecule has 0 spiro atoms. The third-order valence-corrected chi connectivity index (χ3v) is 9.23. The summed E-state index contributed by atoms with van der Waals surface area (Å²) >= 11 is 0. The number of piperidine rings is 1. The highest BCUT2D eigenvalue weighted by molar-refractivity contribution is 6.05. The molecule has 0 aromatic heterocycles. The van der Waals surface area contributed by atoms with Gasteiger partial charge in [-0.1, -0.05) is 70.4 Å². The quantitative estimate of drug-likeness (QED) is 0.145. The van der Waals surface area contributed by atoms with E-state index in [0.29, 0.717) is 37.3 Å². The van der Waals surface area contributed by atoms with E-state index >= 15 is 0 Å². The first-order valence-electron chi connectivity index (χ1n) is 16.5. The number of esters is 1. The number of rotatable bonds is 17. The minimum absolute atomic E-state index is 0.0125. The minimum Gasteiger partial charge on any atom is -0.494 e. The van der Waals surface area contributed by atoms with Crippen LogP contribution < -0.4 is 14.5 Å². The molecule has 234 valence electrons. The van der Waals surface area contributed by atoms with Crippen molar-refractivity contribution in [2.75, 3.05) is 49.3 Å². The first-order valence-corrected chi connectivity index (χ1v) is 16.5. The second kappa shape index (κ2) is 15.6. The third kappa shape index (κ3) is 8.08. The van der Waals surface area contributed by atoms with Crippen LogP contribution in [-0.4, -0.2) is 62.3 Å². The lowest BCUT2D eigenvalue weighted by molar-refractivity contribution is -0.144. The molecule has 2 atom stereocenters. The molecule has 1 amide bonds. The lowest BCUT2D eigenvalue weighted by Crippen LogP contribution is -2.52. The molecule has 43 heavy (non-hydrogen) atoms. The van der Waals surface area contributed by atoms with Gasteiger partial charge in [-0.15, -0.1) is 0 Å². The van der Waals surface area contributed by atoms with Gasteiger partial charge in [0.25, 0.3) is 0 Å². The average molecular weight is 594 g/mol. The van der Waals surface area contributed by atoms with Crippen LogP contribution in [0.25, 0.3) is 0 Å². The van der Waals surface area contributed by atoms with Gasteiger partial charge in [0, 0.05) is 38.0 Å². The van der Waals surface area contributed by atoms with Crippen molar-refractivity contribution in [2.24, 2.45) is 0 Å². The van der Waals surface area contributed by atoms with E-state index in [2.05, 4.69) is 22.8 Å². The van der Waals surface area contributed by atoms with Crippen molar-refractivity contribution >= 4 is 23.3 Å². The molecule has 5 rings (SSSR count). The summed E-state index contributed by atoms with van der Waals surface area (Å²) in [5.74, 6) is 0.530. The number of unbranched alkanes of at least 4 members (excludes halogenated alkanes) is 8. The van der Waals surface area contributed by atoms with Crippen LogP contribution in [0.2, 0.25) is 0 Å². The molecule has 7 nitrogen and oxygen atoms in total. The Balaban J connectivity index is 1.08. The summed E-state index contributed by atoms with van der Waals surface area (Å²) in [6.07, 6.45) is 13.1. The molecular weight excluding hydrogens is 545 g/mol. The predicted molar refractivity (Wildman–Crippen MR) is 168 cm³/mol. The van der Waals surface area contributed by atoms with Crippen molar-refractivity contribution in [3.63, 3.8) is 0 Å². The molecule has 0 unspecified atom stereocenters. The molecule has 1 fully saturated rings. The summed E-state index contributed by atoms with van der Waals surface area (Å²) < 4.78 is 24.5. The number of likely N-dealkylation sites (tertiary alicyclic amines) is 1. The Labute approximate surface area is 256 Å². The lowest BCUT2D eigenvalue weighted by Gasteiger charge is -2.41. The van der Waals surface area contributed by atoms with E-state index in [0.717, 1.165) is 56.7 Å². The minimum atomic E-state index is -0.261. The van der Waals surface area contributed by atoms with E-state index in [9.17, 15) is 14.0 Å². The number of hydrogen-bond donors (Lipinski definition) is 0. The van der Waals surface area contributed by atoms with Gasteiger partial charge < -0.3 is 19.3 Å². The molecule has 0 saturated carbocycles. The number of benzene rings is 2. The van der Waals surface area contributed by atoms with E-state index in [-0.39, 0.29) is 24.4 Å². The van der Waals surface area contributed by atoms with Gasteiger partial charge in [-0.2, -0.15) is 0 Å². The van der Waals surface area contributed by atoms with Crippen LogP contribution in [0.4, 0.5) is 15.8 Å². The van der Waals surface area contributed by atoms with Crippen LogP contribution in [0.1, 0.15) is 95.5 Å². The van der Waals surface area contributed by atoms with Crippen LogP contribution in [0, 0.1) is 5.82 Å². The van der Waals surface area contributed by atoms with Gasteiger partial charge in [0.2, 0.25) is 5.91 Å². The van der Waals surface area contributed by atoms with Crippen molar-refractivity contribution < 1.29 is 23.5 Å². The van der Waals surface area contributed by atoms with E-state index < -0.39 is 0 Å². The van der Waals surface area contributed by atoms with Crippen LogP contribution in [0.5, 0.6) is 5.75 Å². The second-order valence-electron chi connectivity index (χ2n) is 12.3. The number of fused-ring (bicyclic) bond motifs is 3. The van der Waals surface area contributed by atoms with Crippen LogP contribution in [0.15, 0.2) is 42.5 Å². The summed E-state index contributed by atoms with van der Waals surface area (Å²) in [4.78, 5) is 32.2. The highest BCUT2D eigenvalue weighted by Crippen LogP contribution is 2.50. The van der Waals surface area contributed by atoms with Crippen LogP contribution in [0.3, 0.4) is 0 Å². The Morgan fingerprint density at radius 1 is 0.953 bits per heavy atom. The maximum atomic E-state index is 13.3. The molecule has 0 N–H and O–H groups in total. The number of carbonyl (C=O) groups excluding carboxylic acids is 2. The second-order valence-corrected chi connectivity index (χ2v) is 12.3. The van der Waals surface area contributed by atoms with Gasteiger partial charge >= 0.3 is 5.97 Å². The average Bonchev–Trinajstić information content (AvgIpc) is 3.32. The molecule has 0 radical (unpaired) electrons. The van der Waals surface area contributed by atoms with Crippen molar-refractivity contribution in [1.82, 2.24) is 4.90 Å². The number of ether oxygens (including phenoxy) is 2. The molecule has 3 aliphatic rings.